The number of ether oxygens (including phenoxy) is 2. The monoisotopic (exact) mass is 762 g/mol. The van der Waals surface area contributed by atoms with Crippen molar-refractivity contribution >= 4 is 19.8 Å². The Morgan fingerprint density at radius 1 is 0.673 bits per heavy atom. The lowest BCUT2D eigenvalue weighted by Crippen LogP contribution is -2.30. The van der Waals surface area contributed by atoms with Crippen LogP contribution in [-0.2, 0) is 32.7 Å². The first-order valence-electron chi connectivity index (χ1n) is 18.8. The van der Waals surface area contributed by atoms with E-state index in [2.05, 4.69) is 25.3 Å². The van der Waals surface area contributed by atoms with Crippen LogP contribution in [0.3, 0.4) is 0 Å². The van der Waals surface area contributed by atoms with E-state index in [1.807, 2.05) is 0 Å². The van der Waals surface area contributed by atoms with Crippen LogP contribution in [0.25, 0.3) is 0 Å². The fourth-order valence-corrected chi connectivity index (χ4v) is 5.47. The van der Waals surface area contributed by atoms with Gasteiger partial charge in [0.05, 0.1) is 38.1 Å². The van der Waals surface area contributed by atoms with Crippen LogP contribution in [0.15, 0.2) is 48.6 Å². The second kappa shape index (κ2) is 32.3. The first kappa shape index (κ1) is 49.8. The summed E-state index contributed by atoms with van der Waals surface area (Å²) < 4.78 is 32.3. The van der Waals surface area contributed by atoms with E-state index in [0.29, 0.717) is 12.3 Å². The molecular weight excluding hydrogens is 695 g/mol. The zero-order chi connectivity index (χ0) is 39.0. The molecule has 302 valence electrons. The van der Waals surface area contributed by atoms with E-state index in [0.717, 1.165) is 51.4 Å². The molecule has 0 spiro atoms. The third-order valence-corrected chi connectivity index (χ3v) is 8.73. The molecule has 0 saturated carbocycles. The summed E-state index contributed by atoms with van der Waals surface area (Å²) >= 11 is 0. The molecule has 6 atom stereocenters. The highest BCUT2D eigenvalue weighted by atomic mass is 31.2. The van der Waals surface area contributed by atoms with Gasteiger partial charge >= 0.3 is 19.8 Å². The van der Waals surface area contributed by atoms with Crippen LogP contribution in [0.5, 0.6) is 0 Å². The largest absolute Gasteiger partial charge is 0.472 e. The van der Waals surface area contributed by atoms with Crippen molar-refractivity contribution in [2.75, 3.05) is 26.4 Å². The zero-order valence-corrected chi connectivity index (χ0v) is 32.4. The van der Waals surface area contributed by atoms with Gasteiger partial charge < -0.3 is 39.9 Å². The molecule has 0 aromatic rings. The minimum absolute atomic E-state index is 0.0658. The van der Waals surface area contributed by atoms with Crippen LogP contribution in [0.4, 0.5) is 0 Å². The SMILES string of the molecule is CCCCC[C@H](O)/C=C/C=C\C=C\C=C\[C@H](O)[C@@H](O)CCCC(=O)O[C@H](COC(=O)CCCCCCCCC(C)C)COP(=O)(O)OC[C@@H](O)CO. The number of hydrogen-bond donors (Lipinski definition) is 6. The molecular formula is C38H67O13P. The second-order valence-electron chi connectivity index (χ2n) is 13.3. The van der Waals surface area contributed by atoms with Gasteiger partial charge in [-0.25, -0.2) is 4.57 Å². The van der Waals surface area contributed by atoms with Crippen molar-refractivity contribution in [2.24, 2.45) is 5.92 Å². The van der Waals surface area contributed by atoms with Gasteiger partial charge in [0, 0.05) is 12.8 Å². The smallest absolute Gasteiger partial charge is 0.462 e. The van der Waals surface area contributed by atoms with Crippen LogP contribution in [0, 0.1) is 5.92 Å². The number of esters is 2. The van der Waals surface area contributed by atoms with E-state index in [1.54, 1.807) is 42.5 Å². The number of rotatable bonds is 33. The summed E-state index contributed by atoms with van der Waals surface area (Å²) in [5.74, 6) is -0.575. The van der Waals surface area contributed by atoms with Crippen LogP contribution >= 0.6 is 7.82 Å². The van der Waals surface area contributed by atoms with E-state index in [-0.39, 0.29) is 25.7 Å². The number of phosphoric ester groups is 1. The van der Waals surface area contributed by atoms with E-state index in [1.165, 1.54) is 18.9 Å². The molecule has 1 unspecified atom stereocenters. The molecule has 0 saturated heterocycles. The number of carbonyl (C=O) groups is 2. The maximum absolute atomic E-state index is 12.6. The number of aliphatic hydroxyl groups is 5. The van der Waals surface area contributed by atoms with Gasteiger partial charge in [-0.15, -0.1) is 0 Å². The molecule has 0 amide bonds. The molecule has 0 aliphatic heterocycles. The Bertz CT molecular complexity index is 1080. The molecule has 0 fully saturated rings. The summed E-state index contributed by atoms with van der Waals surface area (Å²) in [5, 5.41) is 48.6. The Hall–Kier alpha value is -2.19. The molecule has 0 aromatic carbocycles. The quantitative estimate of drug-likeness (QED) is 0.0204. The summed E-state index contributed by atoms with van der Waals surface area (Å²) in [4.78, 5) is 34.8. The Morgan fingerprint density at radius 2 is 1.25 bits per heavy atom. The third kappa shape index (κ3) is 31.3. The number of unbranched alkanes of at least 4 members (excludes halogenated alkanes) is 7. The summed E-state index contributed by atoms with van der Waals surface area (Å²) in [6, 6.07) is 0. The first-order valence-corrected chi connectivity index (χ1v) is 20.3. The Kier molecular flexibility index (Phi) is 30.9. The van der Waals surface area contributed by atoms with E-state index in [4.69, 9.17) is 19.1 Å². The average molecular weight is 763 g/mol. The predicted octanol–water partition coefficient (Wildman–Crippen LogP) is 5.76. The van der Waals surface area contributed by atoms with Crippen molar-refractivity contribution < 1.29 is 63.1 Å². The molecule has 6 N–H and O–H groups in total. The van der Waals surface area contributed by atoms with Crippen LogP contribution in [0.1, 0.15) is 117 Å². The van der Waals surface area contributed by atoms with Gasteiger partial charge in [-0.3, -0.25) is 18.6 Å². The second-order valence-corrected chi connectivity index (χ2v) is 14.8. The predicted molar refractivity (Wildman–Crippen MR) is 200 cm³/mol. The lowest BCUT2D eigenvalue weighted by molar-refractivity contribution is -0.161. The van der Waals surface area contributed by atoms with Crippen molar-refractivity contribution in [2.45, 2.75) is 148 Å². The molecule has 0 rings (SSSR count). The minimum Gasteiger partial charge on any atom is -0.462 e. The van der Waals surface area contributed by atoms with Crippen molar-refractivity contribution in [3.63, 3.8) is 0 Å². The lowest BCUT2D eigenvalue weighted by atomic mass is 10.0. The number of allylic oxidation sites excluding steroid dienone is 6. The molecule has 0 aliphatic rings. The minimum atomic E-state index is -4.71. The van der Waals surface area contributed by atoms with Gasteiger partial charge in [-0.2, -0.15) is 0 Å². The first-order chi connectivity index (χ1) is 24.8. The van der Waals surface area contributed by atoms with Gasteiger partial charge in [0.1, 0.15) is 12.7 Å². The molecule has 0 bridgehead atoms. The van der Waals surface area contributed by atoms with Crippen molar-refractivity contribution in [1.82, 2.24) is 0 Å². The fraction of sp³-hybridized carbons (Fsp3) is 0.737. The fourth-order valence-electron chi connectivity index (χ4n) is 4.68. The van der Waals surface area contributed by atoms with Crippen molar-refractivity contribution in [3.05, 3.63) is 48.6 Å². The highest BCUT2D eigenvalue weighted by molar-refractivity contribution is 7.47. The molecule has 52 heavy (non-hydrogen) atoms. The van der Waals surface area contributed by atoms with E-state index < -0.39 is 76.7 Å². The van der Waals surface area contributed by atoms with Crippen LogP contribution < -0.4 is 0 Å². The standard InChI is InChI=1S/C38H67O13P/c1-4-5-14-21-32(40)22-16-11-7-8-12-17-23-35(42)36(43)24-19-26-38(45)51-34(30-50-52(46,47)49-28-33(41)27-39)29-48-37(44)25-18-13-9-6-10-15-20-31(2)3/h7-8,11-12,16-17,22-23,31-36,39-43H,4-6,9-10,13-15,18-21,24-30H2,1-3H3,(H,46,47)/b11-7-,12-8+,22-16+,23-17+/t32-,33-,34+,35-,36-/m0/s1. The molecule has 14 heteroatoms. The lowest BCUT2D eigenvalue weighted by Gasteiger charge is -2.20. The summed E-state index contributed by atoms with van der Waals surface area (Å²) in [6.45, 7) is 4.03. The summed E-state index contributed by atoms with van der Waals surface area (Å²) in [5.41, 5.74) is 0. The Balaban J connectivity index is 4.76. The van der Waals surface area contributed by atoms with E-state index >= 15 is 0 Å². The Morgan fingerprint density at radius 3 is 1.90 bits per heavy atom. The van der Waals surface area contributed by atoms with Gasteiger partial charge in [0.25, 0.3) is 0 Å². The van der Waals surface area contributed by atoms with Gasteiger partial charge in [0.15, 0.2) is 6.10 Å². The average Bonchev–Trinajstić information content (AvgIpc) is 3.10. The van der Waals surface area contributed by atoms with Crippen LogP contribution in [0.2, 0.25) is 0 Å². The van der Waals surface area contributed by atoms with Crippen LogP contribution in [-0.4, -0.2) is 99.3 Å². The maximum atomic E-state index is 12.6. The Labute approximate surface area is 311 Å². The molecule has 0 radical (unpaired) electrons. The number of aliphatic hydroxyl groups excluding tert-OH is 5. The topological polar surface area (TPSA) is 210 Å². The van der Waals surface area contributed by atoms with Gasteiger partial charge in [0.2, 0.25) is 0 Å². The van der Waals surface area contributed by atoms with Gasteiger partial charge in [-0.1, -0.05) is 127 Å². The highest BCUT2D eigenvalue weighted by Crippen LogP contribution is 2.43. The number of hydrogen-bond acceptors (Lipinski definition) is 12. The summed E-state index contributed by atoms with van der Waals surface area (Å²) in [6.07, 6.45) is 19.2. The van der Waals surface area contributed by atoms with Crippen molar-refractivity contribution in [1.29, 1.82) is 0 Å². The zero-order valence-electron chi connectivity index (χ0n) is 31.5. The molecule has 0 aromatic heterocycles. The maximum Gasteiger partial charge on any atom is 0.472 e. The van der Waals surface area contributed by atoms with Crippen molar-refractivity contribution in [3.8, 4) is 0 Å². The third-order valence-electron chi connectivity index (χ3n) is 7.78. The number of phosphoric acid groups is 1. The van der Waals surface area contributed by atoms with Gasteiger partial charge in [-0.05, 0) is 31.6 Å². The highest BCUT2D eigenvalue weighted by Gasteiger charge is 2.27. The molecule has 13 nitrogen and oxygen atoms in total. The normalized spacial score (nSPS) is 16.5. The number of carbonyl (C=O) groups excluding carboxylic acids is 2. The molecule has 0 heterocycles. The molecule has 0 aliphatic carbocycles. The van der Waals surface area contributed by atoms with E-state index in [9.17, 15) is 39.5 Å². The summed E-state index contributed by atoms with van der Waals surface area (Å²) in [7, 11) is -4.71.